The van der Waals surface area contributed by atoms with Gasteiger partial charge >= 0.3 is 0 Å². The summed E-state index contributed by atoms with van der Waals surface area (Å²) in [5, 5.41) is 7.82. The third-order valence-corrected chi connectivity index (χ3v) is 4.50. The summed E-state index contributed by atoms with van der Waals surface area (Å²) in [6, 6.07) is 20.4. The molecule has 0 aliphatic carbocycles. The molecule has 1 atom stereocenters. The van der Waals surface area contributed by atoms with Gasteiger partial charge in [-0.15, -0.1) is 0 Å². The van der Waals surface area contributed by atoms with Gasteiger partial charge in [-0.3, -0.25) is 4.79 Å². The fraction of sp³-hybridized carbons (Fsp3) is 0.273. The van der Waals surface area contributed by atoms with Gasteiger partial charge in [0.1, 0.15) is 0 Å². The summed E-state index contributed by atoms with van der Waals surface area (Å²) in [7, 11) is 0. The largest absolute Gasteiger partial charge is 0.354 e. The first-order valence-corrected chi connectivity index (χ1v) is 9.16. The van der Waals surface area contributed by atoms with Crippen molar-refractivity contribution in [1.29, 1.82) is 0 Å². The van der Waals surface area contributed by atoms with E-state index in [1.807, 2.05) is 66.3 Å². The van der Waals surface area contributed by atoms with Crippen molar-refractivity contribution >= 4 is 5.91 Å². The Hall–Kier alpha value is -2.88. The third-order valence-electron chi connectivity index (χ3n) is 4.50. The van der Waals surface area contributed by atoms with Crippen LogP contribution in [0.3, 0.4) is 0 Å². The number of carbonyl (C=O) groups is 1. The van der Waals surface area contributed by atoms with Crippen LogP contribution in [0.5, 0.6) is 0 Å². The van der Waals surface area contributed by atoms with Crippen LogP contribution < -0.4 is 5.32 Å². The van der Waals surface area contributed by atoms with Gasteiger partial charge < -0.3 is 5.32 Å². The molecule has 1 N–H and O–H groups in total. The lowest BCUT2D eigenvalue weighted by molar-refractivity contribution is -0.121. The highest BCUT2D eigenvalue weighted by atomic mass is 16.1. The predicted molar refractivity (Wildman–Crippen MR) is 105 cm³/mol. The van der Waals surface area contributed by atoms with Crippen molar-refractivity contribution in [1.82, 2.24) is 15.1 Å². The Morgan fingerprint density at radius 1 is 1.08 bits per heavy atom. The van der Waals surface area contributed by atoms with E-state index in [4.69, 9.17) is 5.10 Å². The average molecular weight is 347 g/mol. The van der Waals surface area contributed by atoms with Crippen LogP contribution in [0.15, 0.2) is 66.9 Å². The topological polar surface area (TPSA) is 46.9 Å². The Morgan fingerprint density at radius 3 is 2.38 bits per heavy atom. The number of rotatable bonds is 7. The summed E-state index contributed by atoms with van der Waals surface area (Å²) in [6.45, 7) is 4.10. The van der Waals surface area contributed by atoms with E-state index in [9.17, 15) is 4.79 Å². The molecular formula is C22H25N3O. The minimum Gasteiger partial charge on any atom is -0.354 e. The lowest BCUT2D eigenvalue weighted by atomic mass is 10.0. The number of nitrogens with zero attached hydrogens (tertiary/aromatic N) is 2. The summed E-state index contributed by atoms with van der Waals surface area (Å²) in [5.74, 6) is 0.0887. The Labute approximate surface area is 154 Å². The number of hydrogen-bond acceptors (Lipinski definition) is 2. The summed E-state index contributed by atoms with van der Waals surface area (Å²) >= 11 is 0. The van der Waals surface area contributed by atoms with E-state index in [1.165, 1.54) is 0 Å². The number of hydrogen-bond donors (Lipinski definition) is 1. The summed E-state index contributed by atoms with van der Waals surface area (Å²) in [6.07, 6.45) is 4.10. The molecule has 4 heteroatoms. The van der Waals surface area contributed by atoms with Gasteiger partial charge in [-0.05, 0) is 37.5 Å². The highest BCUT2D eigenvalue weighted by Gasteiger charge is 2.14. The van der Waals surface area contributed by atoms with Gasteiger partial charge in [0.2, 0.25) is 5.91 Å². The maximum atomic E-state index is 12.2. The minimum absolute atomic E-state index is 0.0887. The molecule has 134 valence electrons. The molecule has 26 heavy (non-hydrogen) atoms. The molecule has 3 aromatic rings. The second-order valence-electron chi connectivity index (χ2n) is 6.53. The first kappa shape index (κ1) is 17.9. The molecule has 0 saturated heterocycles. The second-order valence-corrected chi connectivity index (χ2v) is 6.53. The molecule has 2 aromatic carbocycles. The molecule has 0 saturated carbocycles. The maximum absolute atomic E-state index is 12.2. The van der Waals surface area contributed by atoms with Crippen molar-refractivity contribution in [2.24, 2.45) is 0 Å². The molecule has 1 amide bonds. The lowest BCUT2D eigenvalue weighted by Gasteiger charge is -2.11. The monoisotopic (exact) mass is 347 g/mol. The zero-order chi connectivity index (χ0) is 18.4. The van der Waals surface area contributed by atoms with Crippen LogP contribution in [0, 0.1) is 0 Å². The van der Waals surface area contributed by atoms with Crippen molar-refractivity contribution < 1.29 is 4.79 Å². The first-order valence-electron chi connectivity index (χ1n) is 9.16. The molecule has 0 aliphatic rings. The Balaban J connectivity index is 1.85. The van der Waals surface area contributed by atoms with E-state index in [2.05, 4.69) is 24.4 Å². The minimum atomic E-state index is 0.0887. The van der Waals surface area contributed by atoms with Gasteiger partial charge in [0.15, 0.2) is 0 Å². The van der Waals surface area contributed by atoms with Crippen molar-refractivity contribution in [3.05, 3.63) is 72.4 Å². The molecule has 4 nitrogen and oxygen atoms in total. The van der Waals surface area contributed by atoms with E-state index in [-0.39, 0.29) is 11.9 Å². The molecule has 0 bridgehead atoms. The molecule has 1 aromatic heterocycles. The Morgan fingerprint density at radius 2 is 1.73 bits per heavy atom. The number of para-hydroxylation sites is 1. The summed E-state index contributed by atoms with van der Waals surface area (Å²) in [5.41, 5.74) is 4.10. The van der Waals surface area contributed by atoms with Crippen LogP contribution in [-0.4, -0.2) is 21.7 Å². The highest BCUT2D eigenvalue weighted by Crippen LogP contribution is 2.24. The first-order chi connectivity index (χ1) is 12.7. The number of aryl methyl sites for hydroxylation is 1. The zero-order valence-corrected chi connectivity index (χ0v) is 15.4. The van der Waals surface area contributed by atoms with Gasteiger partial charge in [0.05, 0.1) is 11.4 Å². The SMILES string of the molecule is CC[C@@H](C)NC(=O)CCc1cn(-c2ccccc2)nc1-c1ccccc1. The molecule has 3 rings (SSSR count). The number of aromatic nitrogens is 2. The number of amides is 1. The van der Waals surface area contributed by atoms with Crippen LogP contribution in [-0.2, 0) is 11.2 Å². The van der Waals surface area contributed by atoms with Gasteiger partial charge in [0.25, 0.3) is 0 Å². The second kappa shape index (κ2) is 8.48. The van der Waals surface area contributed by atoms with Crippen molar-refractivity contribution in [2.75, 3.05) is 0 Å². The zero-order valence-electron chi connectivity index (χ0n) is 15.4. The molecule has 0 fully saturated rings. The quantitative estimate of drug-likeness (QED) is 0.689. The fourth-order valence-electron chi connectivity index (χ4n) is 2.84. The fourth-order valence-corrected chi connectivity index (χ4v) is 2.84. The molecule has 0 radical (unpaired) electrons. The van der Waals surface area contributed by atoms with Crippen LogP contribution >= 0.6 is 0 Å². The molecule has 1 heterocycles. The molecule has 0 aliphatic heterocycles. The average Bonchev–Trinajstić information content (AvgIpc) is 3.12. The summed E-state index contributed by atoms with van der Waals surface area (Å²) < 4.78 is 1.89. The number of benzene rings is 2. The third kappa shape index (κ3) is 4.39. The summed E-state index contributed by atoms with van der Waals surface area (Å²) in [4.78, 5) is 12.2. The predicted octanol–water partition coefficient (Wildman–Crippen LogP) is 4.39. The lowest BCUT2D eigenvalue weighted by Crippen LogP contribution is -2.32. The number of carbonyl (C=O) groups excluding carboxylic acids is 1. The standard InChI is InChI=1S/C22H25N3O/c1-3-17(2)23-21(26)15-14-19-16-25(20-12-8-5-9-13-20)24-22(19)18-10-6-4-7-11-18/h4-13,16-17H,3,14-15H2,1-2H3,(H,23,26)/t17-/m1/s1. The van der Waals surface area contributed by atoms with E-state index in [0.717, 1.165) is 28.9 Å². The van der Waals surface area contributed by atoms with Crippen molar-refractivity contribution in [3.63, 3.8) is 0 Å². The van der Waals surface area contributed by atoms with E-state index in [1.54, 1.807) is 0 Å². The van der Waals surface area contributed by atoms with Crippen LogP contribution in [0.2, 0.25) is 0 Å². The molecule has 0 spiro atoms. The van der Waals surface area contributed by atoms with Crippen LogP contribution in [0.4, 0.5) is 0 Å². The van der Waals surface area contributed by atoms with E-state index >= 15 is 0 Å². The van der Waals surface area contributed by atoms with Crippen LogP contribution in [0.1, 0.15) is 32.3 Å². The molecular weight excluding hydrogens is 322 g/mol. The van der Waals surface area contributed by atoms with Crippen molar-refractivity contribution in [3.8, 4) is 16.9 Å². The Kier molecular flexibility index (Phi) is 5.84. The number of nitrogens with one attached hydrogen (secondary N) is 1. The maximum Gasteiger partial charge on any atom is 0.220 e. The van der Waals surface area contributed by atoms with Gasteiger partial charge in [0, 0.05) is 24.2 Å². The van der Waals surface area contributed by atoms with Gasteiger partial charge in [-0.1, -0.05) is 55.5 Å². The normalized spacial score (nSPS) is 11.9. The van der Waals surface area contributed by atoms with E-state index in [0.29, 0.717) is 12.8 Å². The molecule has 0 unspecified atom stereocenters. The Bertz CT molecular complexity index is 840. The van der Waals surface area contributed by atoms with Crippen molar-refractivity contribution in [2.45, 2.75) is 39.2 Å². The van der Waals surface area contributed by atoms with Crippen LogP contribution in [0.25, 0.3) is 16.9 Å². The van der Waals surface area contributed by atoms with Gasteiger partial charge in [-0.25, -0.2) is 4.68 Å². The highest BCUT2D eigenvalue weighted by molar-refractivity contribution is 5.77. The van der Waals surface area contributed by atoms with Gasteiger partial charge in [-0.2, -0.15) is 5.10 Å². The van der Waals surface area contributed by atoms with E-state index < -0.39 is 0 Å². The smallest absolute Gasteiger partial charge is 0.220 e.